The molecule has 1 aromatic heterocycles. The second kappa shape index (κ2) is 6.05. The highest BCUT2D eigenvalue weighted by Crippen LogP contribution is 2.41. The van der Waals surface area contributed by atoms with Crippen LogP contribution in [-0.4, -0.2) is 29.3 Å². The highest BCUT2D eigenvalue weighted by molar-refractivity contribution is 5.92. The molecule has 0 bridgehead atoms. The molecule has 1 heterocycles. The number of aromatic nitrogens is 2. The van der Waals surface area contributed by atoms with E-state index in [1.54, 1.807) is 13.2 Å². The van der Waals surface area contributed by atoms with Gasteiger partial charge in [0, 0.05) is 24.2 Å². The monoisotopic (exact) mass is 297 g/mol. The Morgan fingerprint density at radius 3 is 3.00 bits per heavy atom. The number of nitrogens with zero attached hydrogens (tertiary/aromatic N) is 2. The molecule has 0 unspecified atom stereocenters. The van der Waals surface area contributed by atoms with E-state index in [0.717, 1.165) is 30.0 Å². The summed E-state index contributed by atoms with van der Waals surface area (Å²) in [7, 11) is 1.64. The SMILES string of the molecule is C=CCNC(=O)c1cc(C2CC2)n(-c2cccc(OC)c2)n1. The topological polar surface area (TPSA) is 56.2 Å². The molecule has 2 aromatic rings. The van der Waals surface area contributed by atoms with Gasteiger partial charge < -0.3 is 10.1 Å². The van der Waals surface area contributed by atoms with Gasteiger partial charge in [0.25, 0.3) is 5.91 Å². The average Bonchev–Trinajstić information content (AvgIpc) is 3.31. The normalized spacial score (nSPS) is 13.7. The lowest BCUT2D eigenvalue weighted by atomic mass is 10.2. The number of hydrogen-bond donors (Lipinski definition) is 1. The van der Waals surface area contributed by atoms with Crippen LogP contribution in [0.5, 0.6) is 5.75 Å². The minimum Gasteiger partial charge on any atom is -0.497 e. The quantitative estimate of drug-likeness (QED) is 0.834. The van der Waals surface area contributed by atoms with Crippen molar-refractivity contribution in [3.05, 3.63) is 54.4 Å². The summed E-state index contributed by atoms with van der Waals surface area (Å²) in [6.07, 6.45) is 3.94. The molecule has 3 rings (SSSR count). The van der Waals surface area contributed by atoms with Gasteiger partial charge in [-0.05, 0) is 31.0 Å². The number of amides is 1. The number of carbonyl (C=O) groups is 1. The van der Waals surface area contributed by atoms with Gasteiger partial charge in [-0.2, -0.15) is 5.10 Å². The van der Waals surface area contributed by atoms with E-state index in [2.05, 4.69) is 17.0 Å². The van der Waals surface area contributed by atoms with Crippen molar-refractivity contribution in [2.75, 3.05) is 13.7 Å². The Labute approximate surface area is 129 Å². The van der Waals surface area contributed by atoms with Crippen LogP contribution >= 0.6 is 0 Å². The molecule has 1 saturated carbocycles. The molecule has 5 nitrogen and oxygen atoms in total. The summed E-state index contributed by atoms with van der Waals surface area (Å²) in [5.74, 6) is 1.08. The van der Waals surface area contributed by atoms with Gasteiger partial charge in [0.2, 0.25) is 0 Å². The van der Waals surface area contributed by atoms with Gasteiger partial charge in [-0.25, -0.2) is 4.68 Å². The van der Waals surface area contributed by atoms with Crippen LogP contribution in [0.15, 0.2) is 43.0 Å². The van der Waals surface area contributed by atoms with E-state index in [1.807, 2.05) is 35.0 Å². The van der Waals surface area contributed by atoms with E-state index >= 15 is 0 Å². The van der Waals surface area contributed by atoms with Gasteiger partial charge in [-0.15, -0.1) is 6.58 Å². The molecule has 114 valence electrons. The zero-order valence-electron chi connectivity index (χ0n) is 12.6. The fourth-order valence-electron chi connectivity index (χ4n) is 2.38. The first-order valence-electron chi connectivity index (χ1n) is 7.36. The van der Waals surface area contributed by atoms with Gasteiger partial charge in [0.05, 0.1) is 12.8 Å². The maximum Gasteiger partial charge on any atom is 0.272 e. The molecule has 5 heteroatoms. The molecule has 1 fully saturated rings. The number of benzene rings is 1. The Kier molecular flexibility index (Phi) is 3.96. The van der Waals surface area contributed by atoms with Crippen LogP contribution in [-0.2, 0) is 0 Å². The Morgan fingerprint density at radius 1 is 1.50 bits per heavy atom. The van der Waals surface area contributed by atoms with Crippen molar-refractivity contribution in [3.63, 3.8) is 0 Å². The lowest BCUT2D eigenvalue weighted by molar-refractivity contribution is 0.0952. The third-order valence-electron chi connectivity index (χ3n) is 3.67. The standard InChI is InChI=1S/C17H19N3O2/c1-3-9-18-17(21)15-11-16(12-7-8-12)20(19-15)13-5-4-6-14(10-13)22-2/h3-6,10-12H,1,7-9H2,2H3,(H,18,21). The smallest absolute Gasteiger partial charge is 0.272 e. The van der Waals surface area contributed by atoms with E-state index < -0.39 is 0 Å². The van der Waals surface area contributed by atoms with E-state index in [9.17, 15) is 4.79 Å². The third kappa shape index (κ3) is 2.88. The van der Waals surface area contributed by atoms with Crippen molar-refractivity contribution < 1.29 is 9.53 Å². The minimum absolute atomic E-state index is 0.177. The summed E-state index contributed by atoms with van der Waals surface area (Å²) in [6, 6.07) is 9.58. The van der Waals surface area contributed by atoms with Crippen molar-refractivity contribution in [1.82, 2.24) is 15.1 Å². The number of methoxy groups -OCH3 is 1. The summed E-state index contributed by atoms with van der Waals surface area (Å²) in [5, 5.41) is 7.25. The van der Waals surface area contributed by atoms with Crippen LogP contribution in [0.3, 0.4) is 0 Å². The Hall–Kier alpha value is -2.56. The van der Waals surface area contributed by atoms with Crippen molar-refractivity contribution in [3.8, 4) is 11.4 Å². The molecule has 0 saturated heterocycles. The lowest BCUT2D eigenvalue weighted by Crippen LogP contribution is -2.23. The summed E-state index contributed by atoms with van der Waals surface area (Å²) in [4.78, 5) is 12.1. The molecule has 1 aromatic carbocycles. The van der Waals surface area contributed by atoms with Crippen LogP contribution in [0.2, 0.25) is 0 Å². The van der Waals surface area contributed by atoms with Crippen molar-refractivity contribution in [2.45, 2.75) is 18.8 Å². The molecule has 1 aliphatic carbocycles. The van der Waals surface area contributed by atoms with Crippen LogP contribution in [0.1, 0.15) is 34.9 Å². The minimum atomic E-state index is -0.177. The van der Waals surface area contributed by atoms with Gasteiger partial charge in [0.1, 0.15) is 5.75 Å². The molecule has 1 aliphatic rings. The molecule has 22 heavy (non-hydrogen) atoms. The van der Waals surface area contributed by atoms with Crippen molar-refractivity contribution in [1.29, 1.82) is 0 Å². The fourth-order valence-corrected chi connectivity index (χ4v) is 2.38. The maximum absolute atomic E-state index is 12.1. The van der Waals surface area contributed by atoms with Crippen LogP contribution in [0, 0.1) is 0 Å². The van der Waals surface area contributed by atoms with E-state index in [4.69, 9.17) is 4.74 Å². The second-order valence-corrected chi connectivity index (χ2v) is 5.34. The molecule has 1 amide bonds. The molecule has 0 atom stereocenters. The van der Waals surface area contributed by atoms with Gasteiger partial charge in [0.15, 0.2) is 5.69 Å². The lowest BCUT2D eigenvalue weighted by Gasteiger charge is -2.08. The van der Waals surface area contributed by atoms with Crippen LogP contribution < -0.4 is 10.1 Å². The Balaban J connectivity index is 1.96. The molecule has 0 aliphatic heterocycles. The van der Waals surface area contributed by atoms with Gasteiger partial charge in [-0.3, -0.25) is 4.79 Å². The van der Waals surface area contributed by atoms with Crippen LogP contribution in [0.4, 0.5) is 0 Å². The molecular weight excluding hydrogens is 278 g/mol. The largest absolute Gasteiger partial charge is 0.497 e. The van der Waals surface area contributed by atoms with Crippen molar-refractivity contribution >= 4 is 5.91 Å². The predicted octanol–water partition coefficient (Wildman–Crippen LogP) is 2.67. The first-order valence-corrected chi connectivity index (χ1v) is 7.36. The van der Waals surface area contributed by atoms with Crippen molar-refractivity contribution in [2.24, 2.45) is 0 Å². The van der Waals surface area contributed by atoms with E-state index in [1.165, 1.54) is 0 Å². The van der Waals surface area contributed by atoms with E-state index in [-0.39, 0.29) is 5.91 Å². The average molecular weight is 297 g/mol. The summed E-state index contributed by atoms with van der Waals surface area (Å²) in [6.45, 7) is 4.03. The second-order valence-electron chi connectivity index (χ2n) is 5.34. The maximum atomic E-state index is 12.1. The zero-order valence-corrected chi connectivity index (χ0v) is 12.6. The summed E-state index contributed by atoms with van der Waals surface area (Å²) in [5.41, 5.74) is 2.42. The molecule has 1 N–H and O–H groups in total. The number of nitrogens with one attached hydrogen (secondary N) is 1. The van der Waals surface area contributed by atoms with Gasteiger partial charge >= 0.3 is 0 Å². The molecule has 0 spiro atoms. The molecule has 0 radical (unpaired) electrons. The predicted molar refractivity (Wildman–Crippen MR) is 84.6 cm³/mol. The highest BCUT2D eigenvalue weighted by atomic mass is 16.5. The fraction of sp³-hybridized carbons (Fsp3) is 0.294. The Bertz CT molecular complexity index is 702. The zero-order chi connectivity index (χ0) is 15.5. The highest BCUT2D eigenvalue weighted by Gasteiger charge is 2.29. The third-order valence-corrected chi connectivity index (χ3v) is 3.67. The first-order chi connectivity index (χ1) is 10.7. The van der Waals surface area contributed by atoms with E-state index in [0.29, 0.717) is 18.2 Å². The number of rotatable bonds is 6. The number of carbonyl (C=O) groups excluding carboxylic acids is 1. The number of ether oxygens (including phenoxy) is 1. The summed E-state index contributed by atoms with van der Waals surface area (Å²) < 4.78 is 7.12. The molecular formula is C17H19N3O2. The summed E-state index contributed by atoms with van der Waals surface area (Å²) >= 11 is 0. The Morgan fingerprint density at radius 2 is 2.32 bits per heavy atom. The number of hydrogen-bond acceptors (Lipinski definition) is 3. The van der Waals surface area contributed by atoms with Gasteiger partial charge in [-0.1, -0.05) is 12.1 Å². The van der Waals surface area contributed by atoms with Crippen LogP contribution in [0.25, 0.3) is 5.69 Å². The first kappa shape index (κ1) is 14.4.